The van der Waals surface area contributed by atoms with Gasteiger partial charge >= 0.3 is 6.18 Å². The minimum atomic E-state index is -4.28. The topological polar surface area (TPSA) is 9.23 Å². The van der Waals surface area contributed by atoms with E-state index in [0.717, 1.165) is 30.4 Å². The fraction of sp³-hybridized carbons (Fsp3) is 0.538. The number of hydrogen-bond donors (Lipinski definition) is 0. The first-order chi connectivity index (χ1) is 7.97. The molecular formula is C13H15F3O. The monoisotopic (exact) mass is 244 g/mol. The molecule has 0 heterocycles. The van der Waals surface area contributed by atoms with Crippen LogP contribution in [0.4, 0.5) is 13.2 Å². The lowest BCUT2D eigenvalue weighted by atomic mass is 10.0. The molecular weight excluding hydrogens is 229 g/mol. The second-order valence-corrected chi connectivity index (χ2v) is 4.54. The highest BCUT2D eigenvalue weighted by Gasteiger charge is 2.34. The summed E-state index contributed by atoms with van der Waals surface area (Å²) in [7, 11) is 0. The lowest BCUT2D eigenvalue weighted by molar-refractivity contribution is -0.164. The first-order valence-electron chi connectivity index (χ1n) is 5.74. The molecule has 0 N–H and O–H groups in total. The second-order valence-electron chi connectivity index (χ2n) is 4.54. The van der Waals surface area contributed by atoms with Crippen LogP contribution in [0.15, 0.2) is 35.1 Å². The fourth-order valence-corrected chi connectivity index (χ4v) is 2.02. The first kappa shape index (κ1) is 12.3. The standard InChI is InChI=1S/C13H15F3O/c1-9-4-2-3-5-11(12(9)10-6-7-10)17-8-13(14,15)16/h2-3,5,10H,4,6-8H2,1H3. The van der Waals surface area contributed by atoms with Crippen molar-refractivity contribution in [3.05, 3.63) is 35.1 Å². The molecule has 2 aliphatic carbocycles. The molecule has 4 heteroatoms. The zero-order valence-electron chi connectivity index (χ0n) is 9.68. The van der Waals surface area contributed by atoms with Crippen molar-refractivity contribution in [3.63, 3.8) is 0 Å². The Hall–Kier alpha value is -1.19. The zero-order valence-corrected chi connectivity index (χ0v) is 9.68. The van der Waals surface area contributed by atoms with Gasteiger partial charge in [0, 0.05) is 0 Å². The SMILES string of the molecule is CC1=C(C2CC2)C(OCC(F)(F)F)=CC=CC1. The third-order valence-electron chi connectivity index (χ3n) is 2.91. The van der Waals surface area contributed by atoms with Crippen LogP contribution in [0.1, 0.15) is 26.2 Å². The van der Waals surface area contributed by atoms with Gasteiger partial charge in [-0.2, -0.15) is 13.2 Å². The number of ether oxygens (including phenoxy) is 1. The van der Waals surface area contributed by atoms with Crippen molar-refractivity contribution in [2.45, 2.75) is 32.4 Å². The van der Waals surface area contributed by atoms with Crippen molar-refractivity contribution >= 4 is 0 Å². The van der Waals surface area contributed by atoms with Gasteiger partial charge in [0.15, 0.2) is 6.61 Å². The van der Waals surface area contributed by atoms with Crippen molar-refractivity contribution in [2.24, 2.45) is 5.92 Å². The van der Waals surface area contributed by atoms with Crippen molar-refractivity contribution in [1.82, 2.24) is 0 Å². The Bertz CT molecular complexity index is 384. The molecule has 0 aliphatic heterocycles. The molecule has 0 aromatic carbocycles. The molecule has 0 saturated heterocycles. The Kier molecular flexibility index (Phi) is 3.31. The lowest BCUT2D eigenvalue weighted by Crippen LogP contribution is -2.17. The average Bonchev–Trinajstić information content (AvgIpc) is 3.01. The molecule has 2 aliphatic rings. The molecule has 1 fully saturated rings. The van der Waals surface area contributed by atoms with Crippen LogP contribution in [0.2, 0.25) is 0 Å². The van der Waals surface area contributed by atoms with Crippen LogP contribution >= 0.6 is 0 Å². The molecule has 0 bridgehead atoms. The second kappa shape index (κ2) is 4.59. The summed E-state index contributed by atoms with van der Waals surface area (Å²) in [6.07, 6.45) is 3.99. The highest BCUT2D eigenvalue weighted by Crippen LogP contribution is 2.43. The summed E-state index contributed by atoms with van der Waals surface area (Å²) < 4.78 is 41.4. The smallest absolute Gasteiger partial charge is 0.422 e. The van der Waals surface area contributed by atoms with E-state index in [9.17, 15) is 13.2 Å². The predicted molar refractivity (Wildman–Crippen MR) is 59.3 cm³/mol. The third kappa shape index (κ3) is 3.38. The maximum absolute atomic E-state index is 12.2. The molecule has 0 amide bonds. The van der Waals surface area contributed by atoms with Crippen LogP contribution in [0.25, 0.3) is 0 Å². The van der Waals surface area contributed by atoms with Crippen LogP contribution in [-0.4, -0.2) is 12.8 Å². The summed E-state index contributed by atoms with van der Waals surface area (Å²) >= 11 is 0. The zero-order chi connectivity index (χ0) is 12.5. The Labute approximate surface area is 98.6 Å². The summed E-state index contributed by atoms with van der Waals surface area (Å²) in [6, 6.07) is 0. The van der Waals surface area contributed by atoms with E-state index in [2.05, 4.69) is 0 Å². The van der Waals surface area contributed by atoms with Crippen molar-refractivity contribution in [3.8, 4) is 0 Å². The summed E-state index contributed by atoms with van der Waals surface area (Å²) in [4.78, 5) is 0. The number of rotatable bonds is 3. The largest absolute Gasteiger partial charge is 0.484 e. The number of alkyl halides is 3. The van der Waals surface area contributed by atoms with Gasteiger partial charge in [-0.25, -0.2) is 0 Å². The molecule has 0 aromatic heterocycles. The summed E-state index contributed by atoms with van der Waals surface area (Å²) in [5.41, 5.74) is 2.11. The predicted octanol–water partition coefficient (Wildman–Crippen LogP) is 4.14. The Morgan fingerprint density at radius 1 is 1.35 bits per heavy atom. The highest BCUT2D eigenvalue weighted by molar-refractivity contribution is 5.40. The number of hydrogen-bond acceptors (Lipinski definition) is 1. The Morgan fingerprint density at radius 2 is 2.06 bits per heavy atom. The van der Waals surface area contributed by atoms with Gasteiger partial charge in [-0.3, -0.25) is 0 Å². The van der Waals surface area contributed by atoms with E-state index < -0.39 is 12.8 Å². The van der Waals surface area contributed by atoms with Crippen LogP contribution < -0.4 is 0 Å². The molecule has 94 valence electrons. The van der Waals surface area contributed by atoms with E-state index in [0.29, 0.717) is 11.7 Å². The third-order valence-corrected chi connectivity index (χ3v) is 2.91. The van der Waals surface area contributed by atoms with Crippen LogP contribution in [-0.2, 0) is 4.74 Å². The van der Waals surface area contributed by atoms with Gasteiger partial charge < -0.3 is 4.74 Å². The van der Waals surface area contributed by atoms with Gasteiger partial charge in [0.05, 0.1) is 0 Å². The van der Waals surface area contributed by atoms with E-state index in [1.807, 2.05) is 13.0 Å². The van der Waals surface area contributed by atoms with Gasteiger partial charge in [-0.05, 0) is 43.8 Å². The van der Waals surface area contributed by atoms with E-state index in [4.69, 9.17) is 4.74 Å². The molecule has 1 saturated carbocycles. The lowest BCUT2D eigenvalue weighted by Gasteiger charge is -2.16. The Balaban J connectivity index is 2.14. The van der Waals surface area contributed by atoms with Gasteiger partial charge in [-0.1, -0.05) is 17.7 Å². The van der Waals surface area contributed by atoms with Crippen molar-refractivity contribution in [1.29, 1.82) is 0 Å². The maximum Gasteiger partial charge on any atom is 0.422 e. The van der Waals surface area contributed by atoms with Crippen LogP contribution in [0.5, 0.6) is 0 Å². The first-order valence-corrected chi connectivity index (χ1v) is 5.74. The highest BCUT2D eigenvalue weighted by atomic mass is 19.4. The Morgan fingerprint density at radius 3 is 2.65 bits per heavy atom. The number of halogens is 3. The van der Waals surface area contributed by atoms with Gasteiger partial charge in [0.1, 0.15) is 5.76 Å². The van der Waals surface area contributed by atoms with Crippen molar-refractivity contribution in [2.75, 3.05) is 6.61 Å². The van der Waals surface area contributed by atoms with E-state index in [1.54, 1.807) is 12.2 Å². The number of allylic oxidation sites excluding steroid dienone is 5. The minimum absolute atomic E-state index is 0.398. The molecule has 0 radical (unpaired) electrons. The molecule has 0 spiro atoms. The van der Waals surface area contributed by atoms with E-state index in [-0.39, 0.29) is 0 Å². The summed E-state index contributed by atoms with van der Waals surface area (Å²) in [5.74, 6) is 0.797. The van der Waals surface area contributed by atoms with Crippen molar-refractivity contribution < 1.29 is 17.9 Å². The molecule has 0 aromatic rings. The fourth-order valence-electron chi connectivity index (χ4n) is 2.02. The molecule has 0 atom stereocenters. The summed E-state index contributed by atoms with van der Waals surface area (Å²) in [5, 5.41) is 0. The quantitative estimate of drug-likeness (QED) is 0.725. The van der Waals surface area contributed by atoms with E-state index in [1.165, 1.54) is 0 Å². The average molecular weight is 244 g/mol. The maximum atomic E-state index is 12.2. The minimum Gasteiger partial charge on any atom is -0.484 e. The van der Waals surface area contributed by atoms with Crippen LogP contribution in [0.3, 0.4) is 0 Å². The van der Waals surface area contributed by atoms with Gasteiger partial charge in [-0.15, -0.1) is 0 Å². The molecule has 1 nitrogen and oxygen atoms in total. The molecule has 0 unspecified atom stereocenters. The normalized spacial score (nSPS) is 21.3. The van der Waals surface area contributed by atoms with Crippen LogP contribution in [0, 0.1) is 5.92 Å². The van der Waals surface area contributed by atoms with Gasteiger partial charge in [0.25, 0.3) is 0 Å². The molecule has 2 rings (SSSR count). The van der Waals surface area contributed by atoms with Gasteiger partial charge in [0.2, 0.25) is 0 Å². The summed E-state index contributed by atoms with van der Waals surface area (Å²) in [6.45, 7) is 0.754. The van der Waals surface area contributed by atoms with E-state index >= 15 is 0 Å². The molecule has 17 heavy (non-hydrogen) atoms.